The van der Waals surface area contributed by atoms with Gasteiger partial charge in [0.15, 0.2) is 0 Å². The second-order valence-electron chi connectivity index (χ2n) is 12.4. The Kier molecular flexibility index (Phi) is 10.8. The van der Waals surface area contributed by atoms with E-state index in [1.807, 2.05) is 62.3 Å². The van der Waals surface area contributed by atoms with Gasteiger partial charge >= 0.3 is 12.1 Å². The van der Waals surface area contributed by atoms with E-state index in [-0.39, 0.29) is 11.2 Å². The monoisotopic (exact) mass is 694 g/mol. The molecule has 0 spiro atoms. The minimum absolute atomic E-state index is 0.207. The number of carbonyl (C=O) groups excluding carboxylic acids is 1. The van der Waals surface area contributed by atoms with Crippen molar-refractivity contribution in [1.82, 2.24) is 9.80 Å². The lowest BCUT2D eigenvalue weighted by molar-refractivity contribution is -0.143. The van der Waals surface area contributed by atoms with E-state index in [2.05, 4.69) is 39.0 Å². The summed E-state index contributed by atoms with van der Waals surface area (Å²) in [6, 6.07) is 24.4. The SMILES string of the molecule is CC(Sc1ccc(N(C)C)c2ccccc12)C(=O)OCCN1CCN(CCCN2c3ccccc3Sc3ccc(C(F)(F)F)cc32)CC1. The number of rotatable bonds is 11. The number of carbonyl (C=O) groups is 1. The number of esters is 1. The Morgan fingerprint density at radius 3 is 2.25 bits per heavy atom. The zero-order valence-electron chi connectivity index (χ0n) is 27.5. The molecule has 1 atom stereocenters. The number of fused-ring (bicyclic) bond motifs is 3. The van der Waals surface area contributed by atoms with Crippen LogP contribution >= 0.6 is 23.5 Å². The summed E-state index contributed by atoms with van der Waals surface area (Å²) in [5.74, 6) is -0.207. The summed E-state index contributed by atoms with van der Waals surface area (Å²) in [6.07, 6.45) is -3.55. The topological polar surface area (TPSA) is 39.3 Å². The number of ether oxygens (including phenoxy) is 1. The highest BCUT2D eigenvalue weighted by Gasteiger charge is 2.33. The van der Waals surface area contributed by atoms with E-state index in [0.717, 1.165) is 76.0 Å². The van der Waals surface area contributed by atoms with E-state index in [9.17, 15) is 18.0 Å². The summed E-state index contributed by atoms with van der Waals surface area (Å²) in [5, 5.41) is 1.97. The van der Waals surface area contributed by atoms with Crippen LogP contribution in [0.5, 0.6) is 0 Å². The summed E-state index contributed by atoms with van der Waals surface area (Å²) in [6.45, 7) is 8.01. The first kappa shape index (κ1) is 34.5. The standard InChI is InChI=1S/C37H41F3N4O2S2/c1-26(47-33-16-14-30(41(2)3)28-9-4-5-10-29(28)33)36(45)46-24-23-43-21-19-42(20-22-43)17-8-18-44-31-11-6-7-12-34(31)48-35-15-13-27(25-32(35)44)37(38,39)40/h4-7,9-16,25-26H,8,17-24H2,1-3H3. The van der Waals surface area contributed by atoms with E-state index in [4.69, 9.17) is 4.74 Å². The molecule has 48 heavy (non-hydrogen) atoms. The van der Waals surface area contributed by atoms with Gasteiger partial charge in [-0.25, -0.2) is 0 Å². The first-order valence-electron chi connectivity index (χ1n) is 16.3. The van der Waals surface area contributed by atoms with Crippen molar-refractivity contribution < 1.29 is 22.7 Å². The van der Waals surface area contributed by atoms with Gasteiger partial charge < -0.3 is 19.4 Å². The second kappa shape index (κ2) is 15.0. The lowest BCUT2D eigenvalue weighted by Gasteiger charge is -2.36. The minimum atomic E-state index is -4.38. The van der Waals surface area contributed by atoms with Gasteiger partial charge in [0.05, 0.1) is 16.9 Å². The number of halogens is 3. The van der Waals surface area contributed by atoms with Crippen LogP contribution in [0, 0.1) is 0 Å². The molecule has 2 aliphatic heterocycles. The van der Waals surface area contributed by atoms with E-state index < -0.39 is 11.7 Å². The van der Waals surface area contributed by atoms with Gasteiger partial charge in [-0.2, -0.15) is 13.2 Å². The smallest absolute Gasteiger partial charge is 0.416 e. The molecule has 0 saturated carbocycles. The van der Waals surface area contributed by atoms with Crippen molar-refractivity contribution in [2.24, 2.45) is 0 Å². The first-order valence-corrected chi connectivity index (χ1v) is 18.0. The summed E-state index contributed by atoms with van der Waals surface area (Å²) >= 11 is 3.05. The Labute approximate surface area is 289 Å². The second-order valence-corrected chi connectivity index (χ2v) is 14.9. The number of hydrogen-bond donors (Lipinski definition) is 0. The van der Waals surface area contributed by atoms with Crippen molar-refractivity contribution in [3.8, 4) is 0 Å². The van der Waals surface area contributed by atoms with Gasteiger partial charge in [-0.05, 0) is 67.7 Å². The number of thioether (sulfide) groups is 1. The molecular weight excluding hydrogens is 654 g/mol. The third-order valence-corrected chi connectivity index (χ3v) is 11.2. The highest BCUT2D eigenvalue weighted by atomic mass is 32.2. The minimum Gasteiger partial charge on any atom is -0.463 e. The largest absolute Gasteiger partial charge is 0.463 e. The van der Waals surface area contributed by atoms with Gasteiger partial charge in [0.25, 0.3) is 0 Å². The van der Waals surface area contributed by atoms with E-state index >= 15 is 0 Å². The number of alkyl halides is 3. The molecule has 0 radical (unpaired) electrons. The number of benzene rings is 4. The fourth-order valence-corrected chi connectivity index (χ4v) is 8.39. The molecule has 6 rings (SSSR count). The zero-order valence-corrected chi connectivity index (χ0v) is 29.1. The lowest BCUT2D eigenvalue weighted by atomic mass is 10.1. The van der Waals surface area contributed by atoms with Gasteiger partial charge in [-0.3, -0.25) is 9.69 Å². The van der Waals surface area contributed by atoms with Crippen LogP contribution in [0.25, 0.3) is 10.8 Å². The molecule has 1 fully saturated rings. The maximum atomic E-state index is 13.6. The van der Waals surface area contributed by atoms with Crippen molar-refractivity contribution in [1.29, 1.82) is 0 Å². The molecule has 6 nitrogen and oxygen atoms in total. The molecule has 2 heterocycles. The van der Waals surface area contributed by atoms with Crippen LogP contribution in [-0.2, 0) is 15.7 Å². The molecule has 254 valence electrons. The Bertz CT molecular complexity index is 1740. The number of nitrogens with zero attached hydrogens (tertiary/aromatic N) is 4. The maximum Gasteiger partial charge on any atom is 0.416 e. The van der Waals surface area contributed by atoms with Crippen LogP contribution in [-0.4, -0.2) is 87.5 Å². The van der Waals surface area contributed by atoms with Crippen molar-refractivity contribution in [3.63, 3.8) is 0 Å². The van der Waals surface area contributed by atoms with E-state index in [1.165, 1.54) is 35.7 Å². The molecule has 0 amide bonds. The van der Waals surface area contributed by atoms with Crippen molar-refractivity contribution in [3.05, 3.63) is 84.4 Å². The summed E-state index contributed by atoms with van der Waals surface area (Å²) in [4.78, 5) is 24.7. The van der Waals surface area contributed by atoms with Crippen molar-refractivity contribution in [2.45, 2.75) is 39.5 Å². The number of hydrogen-bond acceptors (Lipinski definition) is 8. The number of anilines is 3. The zero-order chi connectivity index (χ0) is 33.8. The highest BCUT2D eigenvalue weighted by molar-refractivity contribution is 8.00. The molecule has 0 N–H and O–H groups in total. The lowest BCUT2D eigenvalue weighted by Crippen LogP contribution is -2.47. The molecule has 0 bridgehead atoms. The van der Waals surface area contributed by atoms with Gasteiger partial charge in [0.1, 0.15) is 11.9 Å². The quantitative estimate of drug-likeness (QED) is 0.115. The molecule has 0 aliphatic carbocycles. The predicted molar refractivity (Wildman–Crippen MR) is 191 cm³/mol. The average Bonchev–Trinajstić information content (AvgIpc) is 3.08. The summed E-state index contributed by atoms with van der Waals surface area (Å²) in [7, 11) is 4.06. The maximum absolute atomic E-state index is 13.6. The summed E-state index contributed by atoms with van der Waals surface area (Å²) in [5.41, 5.74) is 2.10. The van der Waals surface area contributed by atoms with Gasteiger partial charge in [-0.15, -0.1) is 11.8 Å². The molecule has 4 aromatic rings. The Morgan fingerprint density at radius 1 is 0.854 bits per heavy atom. The van der Waals surface area contributed by atoms with Crippen LogP contribution in [0.2, 0.25) is 0 Å². The highest BCUT2D eigenvalue weighted by Crippen LogP contribution is 2.49. The Hall–Kier alpha value is -3.38. The number of para-hydroxylation sites is 1. The Morgan fingerprint density at radius 2 is 1.52 bits per heavy atom. The molecule has 4 aromatic carbocycles. The van der Waals surface area contributed by atoms with Gasteiger partial charge in [-0.1, -0.05) is 48.2 Å². The van der Waals surface area contributed by atoms with Crippen molar-refractivity contribution in [2.75, 3.05) is 76.3 Å². The van der Waals surface area contributed by atoms with Crippen LogP contribution < -0.4 is 9.80 Å². The third-order valence-electron chi connectivity index (χ3n) is 8.90. The van der Waals surface area contributed by atoms with Crippen LogP contribution in [0.4, 0.5) is 30.2 Å². The fraction of sp³-hybridized carbons (Fsp3) is 0.378. The van der Waals surface area contributed by atoms with Crippen LogP contribution in [0.15, 0.2) is 93.5 Å². The van der Waals surface area contributed by atoms with Gasteiger partial charge in [0, 0.05) is 79.1 Å². The molecule has 0 aromatic heterocycles. The normalized spacial score (nSPS) is 16.0. The molecule has 1 saturated heterocycles. The average molecular weight is 695 g/mol. The molecule has 1 unspecified atom stereocenters. The molecule has 2 aliphatic rings. The fourth-order valence-electron chi connectivity index (χ4n) is 6.31. The van der Waals surface area contributed by atoms with Crippen LogP contribution in [0.3, 0.4) is 0 Å². The van der Waals surface area contributed by atoms with Gasteiger partial charge in [0.2, 0.25) is 0 Å². The van der Waals surface area contributed by atoms with Crippen LogP contribution in [0.1, 0.15) is 18.9 Å². The van der Waals surface area contributed by atoms with E-state index in [1.54, 1.807) is 6.07 Å². The third kappa shape index (κ3) is 7.91. The molecular formula is C37H41F3N4O2S2. The molecule has 11 heteroatoms. The Balaban J connectivity index is 0.952. The first-order chi connectivity index (χ1) is 23.1. The van der Waals surface area contributed by atoms with E-state index in [0.29, 0.717) is 25.4 Å². The summed E-state index contributed by atoms with van der Waals surface area (Å²) < 4.78 is 46.4. The predicted octanol–water partition coefficient (Wildman–Crippen LogP) is 8.26. The van der Waals surface area contributed by atoms with Crippen molar-refractivity contribution >= 4 is 57.3 Å². The number of piperazine rings is 1.